The Balaban J connectivity index is 1.51. The van der Waals surface area contributed by atoms with Crippen molar-refractivity contribution < 1.29 is 14.3 Å². The highest BCUT2D eigenvalue weighted by molar-refractivity contribution is 6.27. The van der Waals surface area contributed by atoms with Crippen LogP contribution in [-0.4, -0.2) is 58.8 Å². The second-order valence-electron chi connectivity index (χ2n) is 8.32. The Hall–Kier alpha value is -4.15. The molecule has 0 aliphatic carbocycles. The lowest BCUT2D eigenvalue weighted by Gasteiger charge is -2.31. The fraction of sp³-hybridized carbons (Fsp3) is 0.231. The summed E-state index contributed by atoms with van der Waals surface area (Å²) in [7, 11) is 3.55. The zero-order chi connectivity index (χ0) is 25.8. The average Bonchev–Trinajstić information content (AvgIpc) is 3.26. The largest absolute Gasteiger partial charge is 0.494 e. The number of hydrogen-bond donors (Lipinski definition) is 2. The maximum atomic E-state index is 12.4. The number of rotatable bonds is 7. The van der Waals surface area contributed by atoms with Gasteiger partial charge in [-0.3, -0.25) is 4.79 Å². The number of fused-ring (bicyclic) bond motifs is 1. The maximum Gasteiger partial charge on any atom is 0.249 e. The van der Waals surface area contributed by atoms with Crippen LogP contribution in [0.3, 0.4) is 0 Å². The molecule has 2 N–H and O–H groups in total. The molecule has 5 rings (SSSR count). The van der Waals surface area contributed by atoms with E-state index in [9.17, 15) is 4.79 Å². The lowest BCUT2D eigenvalue weighted by molar-refractivity contribution is -0.111. The Morgan fingerprint density at radius 3 is 2.70 bits per heavy atom. The number of ether oxygens (including phenoxy) is 2. The number of anilines is 4. The van der Waals surface area contributed by atoms with Gasteiger partial charge in [-0.15, -0.1) is 0 Å². The van der Waals surface area contributed by atoms with Gasteiger partial charge >= 0.3 is 0 Å². The number of nitrogens with zero attached hydrogens (tertiary/aromatic N) is 5. The molecule has 1 aliphatic rings. The molecule has 0 atom stereocenters. The number of morpholine rings is 1. The van der Waals surface area contributed by atoms with E-state index in [1.54, 1.807) is 19.4 Å². The Kier molecular flexibility index (Phi) is 7.20. The van der Waals surface area contributed by atoms with Crippen LogP contribution < -0.4 is 20.3 Å². The number of benzene rings is 2. The second kappa shape index (κ2) is 10.9. The van der Waals surface area contributed by atoms with Crippen LogP contribution in [0.1, 0.15) is 0 Å². The number of para-hydroxylation sites is 2. The van der Waals surface area contributed by atoms with Gasteiger partial charge in [-0.25, -0.2) is 15.0 Å². The van der Waals surface area contributed by atoms with Crippen LogP contribution in [0.15, 0.2) is 60.3 Å². The van der Waals surface area contributed by atoms with Crippen LogP contribution in [0.2, 0.25) is 0 Å². The Bertz CT molecular complexity index is 1460. The molecule has 0 spiro atoms. The summed E-state index contributed by atoms with van der Waals surface area (Å²) >= 11 is 5.62. The van der Waals surface area contributed by atoms with Crippen molar-refractivity contribution in [3.63, 3.8) is 0 Å². The number of nitrogens with one attached hydrogen (secondary N) is 2. The number of carbonyl (C=O) groups excluding carboxylic acids is 1. The fourth-order valence-corrected chi connectivity index (χ4v) is 4.39. The summed E-state index contributed by atoms with van der Waals surface area (Å²) in [5.41, 5.74) is 5.74. The lowest BCUT2D eigenvalue weighted by Crippen LogP contribution is -2.36. The van der Waals surface area contributed by atoms with E-state index in [2.05, 4.69) is 20.5 Å². The first kappa shape index (κ1) is 24.5. The van der Waals surface area contributed by atoms with Gasteiger partial charge in [0.1, 0.15) is 11.4 Å². The number of hydrogen-bond acceptors (Lipinski definition) is 8. The van der Waals surface area contributed by atoms with E-state index in [-0.39, 0.29) is 5.91 Å². The minimum atomic E-state index is -0.347. The van der Waals surface area contributed by atoms with E-state index in [1.165, 1.54) is 11.6 Å². The Morgan fingerprint density at radius 2 is 1.95 bits per heavy atom. The summed E-state index contributed by atoms with van der Waals surface area (Å²) in [4.78, 5) is 28.3. The predicted molar refractivity (Wildman–Crippen MR) is 145 cm³/mol. The van der Waals surface area contributed by atoms with E-state index in [0.29, 0.717) is 55.1 Å². The standard InChI is InChI=1S/C26H26ClN7O3/c1-33-21-6-4-3-5-17(21)30-25(33)18-8-10-28-26(31-18)32-20-15-19(29-24(35)7-9-27)22(16-23(20)36-2)34-11-13-37-14-12-34/h3-10,15-16H,11-14H2,1-2H3,(H,29,35)(H,28,31,32). The summed E-state index contributed by atoms with van der Waals surface area (Å²) in [6.07, 6.45) is 2.93. The van der Waals surface area contributed by atoms with Crippen LogP contribution in [0, 0.1) is 0 Å². The molecule has 1 saturated heterocycles. The summed E-state index contributed by atoms with van der Waals surface area (Å²) < 4.78 is 13.2. The highest BCUT2D eigenvalue weighted by atomic mass is 35.5. The van der Waals surface area contributed by atoms with Crippen molar-refractivity contribution >= 4 is 51.6 Å². The molecule has 3 heterocycles. The van der Waals surface area contributed by atoms with Crippen LogP contribution in [0.4, 0.5) is 23.0 Å². The number of amides is 1. The van der Waals surface area contributed by atoms with E-state index in [4.69, 9.17) is 31.0 Å². The monoisotopic (exact) mass is 519 g/mol. The minimum absolute atomic E-state index is 0.347. The summed E-state index contributed by atoms with van der Waals surface area (Å²) in [6.45, 7) is 2.57. The van der Waals surface area contributed by atoms with Gasteiger partial charge in [-0.2, -0.15) is 0 Å². The van der Waals surface area contributed by atoms with Crippen molar-refractivity contribution in [3.8, 4) is 17.3 Å². The third-order valence-corrected chi connectivity index (χ3v) is 6.19. The van der Waals surface area contributed by atoms with E-state index < -0.39 is 0 Å². The zero-order valence-electron chi connectivity index (χ0n) is 20.4. The number of carbonyl (C=O) groups is 1. The smallest absolute Gasteiger partial charge is 0.249 e. The molecule has 2 aromatic heterocycles. The Labute approximate surface area is 218 Å². The first-order valence-electron chi connectivity index (χ1n) is 11.7. The normalized spacial score (nSPS) is 13.8. The second-order valence-corrected chi connectivity index (χ2v) is 8.58. The molecule has 10 nitrogen and oxygen atoms in total. The molecule has 0 bridgehead atoms. The number of aromatic nitrogens is 4. The van der Waals surface area contributed by atoms with Gasteiger partial charge < -0.3 is 29.6 Å². The van der Waals surface area contributed by atoms with Crippen molar-refractivity contribution in [1.29, 1.82) is 0 Å². The highest BCUT2D eigenvalue weighted by Crippen LogP contribution is 2.38. The van der Waals surface area contributed by atoms with Gasteiger partial charge in [0.25, 0.3) is 0 Å². The molecule has 11 heteroatoms. The topological polar surface area (TPSA) is 106 Å². The van der Waals surface area contributed by atoms with Gasteiger partial charge in [-0.05, 0) is 24.3 Å². The molecule has 0 unspecified atom stereocenters. The first-order valence-corrected chi connectivity index (χ1v) is 12.2. The van der Waals surface area contributed by atoms with Gasteiger partial charge in [0.05, 0.1) is 48.4 Å². The molecule has 37 heavy (non-hydrogen) atoms. The lowest BCUT2D eigenvalue weighted by atomic mass is 10.1. The van der Waals surface area contributed by atoms with Gasteiger partial charge in [0.15, 0.2) is 5.82 Å². The average molecular weight is 520 g/mol. The first-order chi connectivity index (χ1) is 18.1. The van der Waals surface area contributed by atoms with Crippen LogP contribution >= 0.6 is 11.6 Å². The molecule has 4 aromatic rings. The minimum Gasteiger partial charge on any atom is -0.494 e. The number of halogens is 1. The SMILES string of the molecule is COc1cc(N2CCOCC2)c(NC(=O)C=CCl)cc1Nc1nccc(-c2nc3ccccc3n2C)n1. The number of aryl methyl sites for hydroxylation is 1. The molecule has 1 aliphatic heterocycles. The molecular weight excluding hydrogens is 494 g/mol. The van der Waals surface area contributed by atoms with E-state index in [0.717, 1.165) is 22.5 Å². The van der Waals surface area contributed by atoms with Crippen molar-refractivity contribution in [2.24, 2.45) is 7.05 Å². The fourth-order valence-electron chi connectivity index (χ4n) is 4.27. The third-order valence-electron chi connectivity index (χ3n) is 6.06. The Morgan fingerprint density at radius 1 is 1.14 bits per heavy atom. The van der Waals surface area contributed by atoms with Crippen molar-refractivity contribution in [2.75, 3.05) is 48.9 Å². The van der Waals surface area contributed by atoms with Crippen molar-refractivity contribution in [1.82, 2.24) is 19.5 Å². The van der Waals surface area contributed by atoms with Gasteiger partial charge in [0.2, 0.25) is 11.9 Å². The van der Waals surface area contributed by atoms with Gasteiger partial charge in [0, 0.05) is 44.0 Å². The van der Waals surface area contributed by atoms with Crippen molar-refractivity contribution in [3.05, 3.63) is 60.3 Å². The zero-order valence-corrected chi connectivity index (χ0v) is 21.2. The van der Waals surface area contributed by atoms with Crippen LogP contribution in [-0.2, 0) is 16.6 Å². The summed E-state index contributed by atoms with van der Waals surface area (Å²) in [5, 5.41) is 6.14. The predicted octanol–water partition coefficient (Wildman–Crippen LogP) is 4.31. The molecular formula is C26H26ClN7O3. The van der Waals surface area contributed by atoms with E-state index >= 15 is 0 Å². The number of methoxy groups -OCH3 is 1. The van der Waals surface area contributed by atoms with Crippen molar-refractivity contribution in [2.45, 2.75) is 0 Å². The molecule has 1 fully saturated rings. The number of imidazole rings is 1. The maximum absolute atomic E-state index is 12.4. The third kappa shape index (κ3) is 5.20. The quantitative estimate of drug-likeness (QED) is 0.348. The van der Waals surface area contributed by atoms with E-state index in [1.807, 2.05) is 48.0 Å². The molecule has 0 radical (unpaired) electrons. The molecule has 0 saturated carbocycles. The van der Waals surface area contributed by atoms with Crippen LogP contribution in [0.5, 0.6) is 5.75 Å². The molecule has 1 amide bonds. The molecule has 2 aromatic carbocycles. The summed E-state index contributed by atoms with van der Waals surface area (Å²) in [6, 6.07) is 13.4. The van der Waals surface area contributed by atoms with Gasteiger partial charge in [-0.1, -0.05) is 23.7 Å². The molecule has 190 valence electrons. The highest BCUT2D eigenvalue weighted by Gasteiger charge is 2.20. The van der Waals surface area contributed by atoms with Crippen LogP contribution in [0.25, 0.3) is 22.6 Å². The summed E-state index contributed by atoms with van der Waals surface area (Å²) in [5.74, 6) is 1.31.